The number of hydrogen-bond acceptors (Lipinski definition) is 2. The third-order valence-corrected chi connectivity index (χ3v) is 5.57. The van der Waals surface area contributed by atoms with Gasteiger partial charge in [0.1, 0.15) is 5.69 Å². The fraction of sp³-hybridized carbons (Fsp3) is 0.0588. The Balaban J connectivity index is 0.000000452. The van der Waals surface area contributed by atoms with Crippen LogP contribution in [-0.4, -0.2) is 31.8 Å². The number of hydrogen-bond donors (Lipinski definition) is 0. The minimum absolute atomic E-state index is 0. The molecule has 0 bridgehead atoms. The standard InChI is InChI=1S/C28H18N3O.C6H4N.2Pt/c1-21-9-11-22(12-10-21)23-13-14-29-28(18-23)24-5-3-7-26(17-24)32-27-8-4-6-25(19-27)31-16-15-30(2)20-31;1-2-7-5-3-4-6-7;;/h3-4,6-11,13-16H,1-2H3;3-6H;;/q-3;-1;+2;+4. The van der Waals surface area contributed by atoms with E-state index in [1.807, 2.05) is 90.1 Å². The van der Waals surface area contributed by atoms with Crippen LogP contribution in [0.5, 0.6) is 11.5 Å². The molecule has 0 saturated heterocycles. The van der Waals surface area contributed by atoms with E-state index in [4.69, 9.17) is 11.2 Å². The number of ether oxygens (including phenoxy) is 1. The van der Waals surface area contributed by atoms with Gasteiger partial charge in [0.05, 0.1) is 0 Å². The third kappa shape index (κ3) is 8.47. The molecule has 202 valence electrons. The second-order valence-electron chi connectivity index (χ2n) is 8.54. The molecule has 0 saturated carbocycles. The van der Waals surface area contributed by atoms with Crippen molar-refractivity contribution in [2.24, 2.45) is 0 Å². The largest absolute Gasteiger partial charge is 4.00 e. The predicted molar refractivity (Wildman–Crippen MR) is 148 cm³/mol. The molecule has 2 aromatic heterocycles. The van der Waals surface area contributed by atoms with Gasteiger partial charge in [0.2, 0.25) is 6.20 Å². The fourth-order valence-electron chi connectivity index (χ4n) is 3.63. The van der Waals surface area contributed by atoms with Crippen LogP contribution in [0.4, 0.5) is 5.69 Å². The Bertz CT molecular complexity index is 1740. The molecule has 6 rings (SSSR count). The summed E-state index contributed by atoms with van der Waals surface area (Å²) in [6, 6.07) is 42.6. The summed E-state index contributed by atoms with van der Waals surface area (Å²) in [5, 5.41) is 0. The monoisotopic (exact) mass is 892 g/mol. The van der Waals surface area contributed by atoms with E-state index in [1.165, 1.54) is 5.56 Å². The van der Waals surface area contributed by atoms with Crippen molar-refractivity contribution in [3.05, 3.63) is 140 Å². The number of pyridine rings is 1. The summed E-state index contributed by atoms with van der Waals surface area (Å²) in [5.41, 5.74) is 5.21. The van der Waals surface area contributed by atoms with Gasteiger partial charge in [-0.15, -0.1) is 11.6 Å². The van der Waals surface area contributed by atoms with Gasteiger partial charge in [-0.05, 0) is 18.3 Å². The van der Waals surface area contributed by atoms with E-state index in [2.05, 4.69) is 53.4 Å². The SMILES string of the molecule is Cc1c[c-]c(-c2[c-]c(-c3[c-]ccc(Oc4[c-]c([N+]5=C=[N+](C)C=C5)ccc4)[c-]3)ncc2)cc1.[C-]#Cn1cccc1.[Pt+2].[Pt+4]. The van der Waals surface area contributed by atoms with Crippen LogP contribution in [0.25, 0.3) is 22.4 Å². The average Bonchev–Trinajstić information content (AvgIpc) is 3.66. The van der Waals surface area contributed by atoms with Crippen molar-refractivity contribution in [3.8, 4) is 39.9 Å². The van der Waals surface area contributed by atoms with Crippen LogP contribution in [0.1, 0.15) is 5.56 Å². The molecule has 5 aromatic rings. The Labute approximate surface area is 269 Å². The topological polar surface area (TPSA) is 33.1 Å². The summed E-state index contributed by atoms with van der Waals surface area (Å²) in [5.74, 6) is 1.14. The van der Waals surface area contributed by atoms with Crippen molar-refractivity contribution < 1.29 is 56.0 Å². The molecule has 0 atom stereocenters. The second-order valence-corrected chi connectivity index (χ2v) is 8.54. The zero-order valence-electron chi connectivity index (χ0n) is 22.1. The van der Waals surface area contributed by atoms with Crippen molar-refractivity contribution in [2.45, 2.75) is 6.92 Å². The molecule has 0 radical (unpaired) electrons. The first kappa shape index (κ1) is 31.5. The molecule has 0 spiro atoms. The Hall–Kier alpha value is -4.05. The Morgan fingerprint density at radius 1 is 0.927 bits per heavy atom. The minimum Gasteiger partial charge on any atom is -0.669 e. The van der Waals surface area contributed by atoms with Gasteiger partial charge in [-0.1, -0.05) is 34.0 Å². The minimum atomic E-state index is 0. The Morgan fingerprint density at radius 2 is 1.73 bits per heavy atom. The van der Waals surface area contributed by atoms with Crippen molar-refractivity contribution >= 4 is 11.7 Å². The summed E-state index contributed by atoms with van der Waals surface area (Å²) in [7, 11) is 1.92. The molecular formula is C34H22N4OPt2+2. The number of nitrogens with zero attached hydrogens (tertiary/aromatic N) is 4. The molecule has 7 heteroatoms. The Morgan fingerprint density at radius 3 is 2.41 bits per heavy atom. The van der Waals surface area contributed by atoms with E-state index >= 15 is 0 Å². The summed E-state index contributed by atoms with van der Waals surface area (Å²) >= 11 is 0. The molecule has 0 N–H and O–H groups in total. The van der Waals surface area contributed by atoms with Crippen LogP contribution >= 0.6 is 0 Å². The Kier molecular flexibility index (Phi) is 11.6. The normalized spacial score (nSPS) is 11.0. The smallest absolute Gasteiger partial charge is 0.669 e. The number of aryl methyl sites for hydroxylation is 1. The maximum atomic E-state index is 6.57. The van der Waals surface area contributed by atoms with Crippen LogP contribution in [0, 0.1) is 49.7 Å². The number of benzene rings is 3. The van der Waals surface area contributed by atoms with Crippen LogP contribution in [0.3, 0.4) is 0 Å². The van der Waals surface area contributed by atoms with Gasteiger partial charge in [-0.3, -0.25) is 12.1 Å². The van der Waals surface area contributed by atoms with Crippen LogP contribution in [0.2, 0.25) is 0 Å². The molecule has 0 unspecified atom stereocenters. The van der Waals surface area contributed by atoms with Gasteiger partial charge < -0.3 is 32.3 Å². The van der Waals surface area contributed by atoms with E-state index in [9.17, 15) is 0 Å². The first-order valence-electron chi connectivity index (χ1n) is 12.1. The van der Waals surface area contributed by atoms with Crippen molar-refractivity contribution in [1.29, 1.82) is 0 Å². The zero-order valence-corrected chi connectivity index (χ0v) is 26.6. The average molecular weight is 893 g/mol. The summed E-state index contributed by atoms with van der Waals surface area (Å²) in [6.45, 7) is 2.04. The number of rotatable bonds is 5. The summed E-state index contributed by atoms with van der Waals surface area (Å²) in [6.07, 6.45) is 15.7. The zero-order chi connectivity index (χ0) is 27.0. The van der Waals surface area contributed by atoms with Gasteiger partial charge >= 0.3 is 48.1 Å². The first-order chi connectivity index (χ1) is 19.1. The third-order valence-electron chi connectivity index (χ3n) is 5.57. The molecule has 3 aromatic carbocycles. The van der Waals surface area contributed by atoms with Crippen molar-refractivity contribution in [3.63, 3.8) is 0 Å². The molecule has 0 aliphatic carbocycles. The molecule has 0 amide bonds. The molecule has 5 nitrogen and oxygen atoms in total. The van der Waals surface area contributed by atoms with Gasteiger partial charge in [0.25, 0.3) is 6.20 Å². The molecular weight excluding hydrogens is 871 g/mol. The van der Waals surface area contributed by atoms with E-state index in [1.54, 1.807) is 29.2 Å². The fourth-order valence-corrected chi connectivity index (χ4v) is 3.63. The molecule has 41 heavy (non-hydrogen) atoms. The van der Waals surface area contributed by atoms with E-state index in [0.717, 1.165) is 16.8 Å². The first-order valence-corrected chi connectivity index (χ1v) is 12.1. The van der Waals surface area contributed by atoms with Gasteiger partial charge in [0.15, 0.2) is 7.05 Å². The van der Waals surface area contributed by atoms with E-state index in [0.29, 0.717) is 22.8 Å². The van der Waals surface area contributed by atoms with Crippen LogP contribution in [-0.2, 0) is 42.1 Å². The van der Waals surface area contributed by atoms with Gasteiger partial charge in [-0.2, -0.15) is 48.2 Å². The van der Waals surface area contributed by atoms with E-state index in [-0.39, 0.29) is 42.1 Å². The second kappa shape index (κ2) is 15.1. The molecule has 0 fully saturated rings. The molecule has 3 heterocycles. The van der Waals surface area contributed by atoms with Crippen molar-refractivity contribution in [1.82, 2.24) is 9.55 Å². The maximum Gasteiger partial charge on any atom is 4.00 e. The van der Waals surface area contributed by atoms with Crippen molar-refractivity contribution in [2.75, 3.05) is 7.05 Å². The summed E-state index contributed by atoms with van der Waals surface area (Å²) in [4.78, 5) is 4.45. The maximum absolute atomic E-state index is 6.57. The van der Waals surface area contributed by atoms with Gasteiger partial charge in [0, 0.05) is 18.1 Å². The van der Waals surface area contributed by atoms with Crippen LogP contribution in [0.15, 0.2) is 97.7 Å². The predicted octanol–water partition coefficient (Wildman–Crippen LogP) is 6.34. The number of aromatic nitrogens is 2. The van der Waals surface area contributed by atoms with E-state index < -0.39 is 0 Å². The molecule has 1 aliphatic rings. The van der Waals surface area contributed by atoms with Gasteiger partial charge in [-0.25, -0.2) is 23.2 Å². The summed E-state index contributed by atoms with van der Waals surface area (Å²) < 4.78 is 11.3. The molecule has 1 aliphatic heterocycles. The van der Waals surface area contributed by atoms with Crippen LogP contribution < -0.4 is 4.74 Å². The quantitative estimate of drug-likeness (QED) is 0.117.